The molecule has 1 aromatic rings. The molecule has 0 aliphatic rings. The monoisotopic (exact) mass is 185 g/mol. The lowest BCUT2D eigenvalue weighted by atomic mass is 10.2. The van der Waals surface area contributed by atoms with E-state index in [0.29, 0.717) is 0 Å². The van der Waals surface area contributed by atoms with Gasteiger partial charge in [0.05, 0.1) is 0 Å². The van der Waals surface area contributed by atoms with Crippen molar-refractivity contribution in [2.75, 3.05) is 0 Å². The summed E-state index contributed by atoms with van der Waals surface area (Å²) in [6.45, 7) is 5.44. The van der Waals surface area contributed by atoms with Crippen molar-refractivity contribution in [2.45, 2.75) is 26.4 Å². The number of hydrogen-bond donors (Lipinski definition) is 1. The van der Waals surface area contributed by atoms with Crippen molar-refractivity contribution in [1.82, 2.24) is 10.3 Å². The molecule has 0 saturated carbocycles. The van der Waals surface area contributed by atoms with Crippen molar-refractivity contribution in [3.8, 4) is 5.88 Å². The quantitative estimate of drug-likeness (QED) is 0.717. The highest BCUT2D eigenvalue weighted by atomic mass is 16.6. The molecule has 0 atom stereocenters. The molecule has 0 spiro atoms. The van der Waals surface area contributed by atoms with Gasteiger partial charge in [-0.05, 0) is 31.1 Å². The molecule has 0 aliphatic carbocycles. The van der Waals surface area contributed by atoms with Crippen LogP contribution in [0.4, 0.5) is 0 Å². The Kier molecular flexibility index (Phi) is 2.22. The fourth-order valence-corrected chi connectivity index (χ4v) is 0.688. The van der Waals surface area contributed by atoms with Crippen LogP contribution in [0.5, 0.6) is 5.88 Å². The van der Waals surface area contributed by atoms with Crippen LogP contribution in [0.25, 0.3) is 0 Å². The van der Waals surface area contributed by atoms with Crippen LogP contribution in [0.2, 0.25) is 0 Å². The highest BCUT2D eigenvalue weighted by molar-refractivity contribution is 5.92. The number of primary amides is 1. The second kappa shape index (κ2) is 3.04. The third-order valence-electron chi connectivity index (χ3n) is 1.09. The Bertz CT molecular complexity index is 313. The molecule has 72 valence electrons. The third kappa shape index (κ3) is 2.43. The van der Waals surface area contributed by atoms with E-state index >= 15 is 0 Å². The summed E-state index contributed by atoms with van der Waals surface area (Å²) < 4.78 is 9.59. The number of carbonyl (C=O) groups is 1. The molecule has 2 N–H and O–H groups in total. The van der Waals surface area contributed by atoms with Gasteiger partial charge in [-0.15, -0.1) is 0 Å². The molecule has 1 amide bonds. The van der Waals surface area contributed by atoms with Crippen molar-refractivity contribution in [3.05, 3.63) is 5.69 Å². The molecule has 0 radical (unpaired) electrons. The molecule has 6 heteroatoms. The highest BCUT2D eigenvalue weighted by Crippen LogP contribution is 2.18. The normalized spacial score (nSPS) is 11.3. The largest absolute Gasteiger partial charge is 0.468 e. The van der Waals surface area contributed by atoms with Gasteiger partial charge in [0.25, 0.3) is 11.8 Å². The Hall–Kier alpha value is -1.59. The first kappa shape index (κ1) is 9.50. The van der Waals surface area contributed by atoms with Crippen LogP contribution in [0.15, 0.2) is 4.63 Å². The fourth-order valence-electron chi connectivity index (χ4n) is 0.688. The Labute approximate surface area is 75.0 Å². The smallest absolute Gasteiger partial charge is 0.289 e. The van der Waals surface area contributed by atoms with E-state index in [9.17, 15) is 4.79 Å². The van der Waals surface area contributed by atoms with E-state index in [1.807, 2.05) is 20.8 Å². The van der Waals surface area contributed by atoms with E-state index < -0.39 is 11.5 Å². The average Bonchev–Trinajstić information content (AvgIpc) is 2.31. The molecule has 1 heterocycles. The van der Waals surface area contributed by atoms with Gasteiger partial charge in [0.15, 0.2) is 0 Å². The standard InChI is InChI=1S/C7H11N3O3/c1-7(2,3)12-6-4(5(8)11)9-13-10-6/h1-3H3,(H2,8,11). The van der Waals surface area contributed by atoms with E-state index in [2.05, 4.69) is 14.9 Å². The van der Waals surface area contributed by atoms with Crippen LogP contribution in [0, 0.1) is 0 Å². The van der Waals surface area contributed by atoms with Crippen LogP contribution in [0.1, 0.15) is 31.3 Å². The van der Waals surface area contributed by atoms with Crippen LogP contribution in [-0.4, -0.2) is 21.8 Å². The number of rotatable bonds is 2. The van der Waals surface area contributed by atoms with E-state index in [0.717, 1.165) is 0 Å². The van der Waals surface area contributed by atoms with Crippen molar-refractivity contribution in [1.29, 1.82) is 0 Å². The lowest BCUT2D eigenvalue weighted by molar-refractivity contribution is 0.0968. The van der Waals surface area contributed by atoms with Gasteiger partial charge in [0, 0.05) is 0 Å². The van der Waals surface area contributed by atoms with Crippen LogP contribution in [-0.2, 0) is 0 Å². The summed E-state index contributed by atoms with van der Waals surface area (Å²) in [5.41, 5.74) is 4.44. The van der Waals surface area contributed by atoms with E-state index in [1.165, 1.54) is 0 Å². The number of amides is 1. The summed E-state index contributed by atoms with van der Waals surface area (Å²) >= 11 is 0. The number of nitrogens with zero attached hydrogens (tertiary/aromatic N) is 2. The Morgan fingerprint density at radius 2 is 2.08 bits per heavy atom. The predicted molar refractivity (Wildman–Crippen MR) is 43.2 cm³/mol. The molecule has 0 saturated heterocycles. The molecule has 0 fully saturated rings. The predicted octanol–water partition coefficient (Wildman–Crippen LogP) is 0.346. The maximum Gasteiger partial charge on any atom is 0.289 e. The summed E-state index contributed by atoms with van der Waals surface area (Å²) in [7, 11) is 0. The lowest BCUT2D eigenvalue weighted by Crippen LogP contribution is -2.25. The number of hydrogen-bond acceptors (Lipinski definition) is 5. The average molecular weight is 185 g/mol. The number of carbonyl (C=O) groups excluding carboxylic acids is 1. The SMILES string of the molecule is CC(C)(C)Oc1nonc1C(N)=O. The van der Waals surface area contributed by atoms with Gasteiger partial charge in [0.1, 0.15) is 5.60 Å². The third-order valence-corrected chi connectivity index (χ3v) is 1.09. The second-order valence-electron chi connectivity index (χ2n) is 3.50. The summed E-state index contributed by atoms with van der Waals surface area (Å²) in [5, 5.41) is 6.73. The summed E-state index contributed by atoms with van der Waals surface area (Å²) in [6, 6.07) is 0. The Morgan fingerprint density at radius 3 is 2.54 bits per heavy atom. The summed E-state index contributed by atoms with van der Waals surface area (Å²) in [6.07, 6.45) is 0. The zero-order valence-electron chi connectivity index (χ0n) is 7.70. The molecular formula is C7H11N3O3. The van der Waals surface area contributed by atoms with Crippen LogP contribution >= 0.6 is 0 Å². The molecular weight excluding hydrogens is 174 g/mol. The van der Waals surface area contributed by atoms with Crippen molar-refractivity contribution in [2.24, 2.45) is 5.73 Å². The van der Waals surface area contributed by atoms with Crippen molar-refractivity contribution >= 4 is 5.91 Å². The first-order valence-electron chi connectivity index (χ1n) is 3.71. The molecule has 0 aromatic carbocycles. The van der Waals surface area contributed by atoms with Gasteiger partial charge in [-0.25, -0.2) is 4.63 Å². The minimum atomic E-state index is -0.722. The van der Waals surface area contributed by atoms with E-state index in [1.54, 1.807) is 0 Å². The minimum Gasteiger partial charge on any atom is -0.468 e. The summed E-state index contributed by atoms with van der Waals surface area (Å²) in [4.78, 5) is 10.7. The Balaban J connectivity index is 2.89. The molecule has 13 heavy (non-hydrogen) atoms. The first-order valence-corrected chi connectivity index (χ1v) is 3.71. The molecule has 1 rings (SSSR count). The topological polar surface area (TPSA) is 91.2 Å². The fraction of sp³-hybridized carbons (Fsp3) is 0.571. The number of nitrogens with two attached hydrogens (primary N) is 1. The van der Waals surface area contributed by atoms with Crippen molar-refractivity contribution < 1.29 is 14.2 Å². The van der Waals surface area contributed by atoms with Crippen molar-refractivity contribution in [3.63, 3.8) is 0 Å². The maximum atomic E-state index is 10.7. The van der Waals surface area contributed by atoms with Gasteiger partial charge in [-0.2, -0.15) is 0 Å². The highest BCUT2D eigenvalue weighted by Gasteiger charge is 2.22. The van der Waals surface area contributed by atoms with Gasteiger partial charge < -0.3 is 10.5 Å². The molecule has 0 unspecified atom stereocenters. The zero-order chi connectivity index (χ0) is 10.1. The zero-order valence-corrected chi connectivity index (χ0v) is 7.70. The minimum absolute atomic E-state index is 0.0278. The van der Waals surface area contributed by atoms with Gasteiger partial charge >= 0.3 is 0 Å². The summed E-state index contributed by atoms with van der Waals surface area (Å²) in [5.74, 6) is -0.694. The molecule has 0 bridgehead atoms. The number of ether oxygens (including phenoxy) is 1. The van der Waals surface area contributed by atoms with Gasteiger partial charge in [-0.1, -0.05) is 0 Å². The lowest BCUT2D eigenvalue weighted by Gasteiger charge is -2.18. The van der Waals surface area contributed by atoms with Gasteiger partial charge in [0.2, 0.25) is 5.69 Å². The Morgan fingerprint density at radius 1 is 1.46 bits per heavy atom. The van der Waals surface area contributed by atoms with E-state index in [-0.39, 0.29) is 11.6 Å². The number of aromatic nitrogens is 2. The first-order chi connectivity index (χ1) is 5.90. The molecule has 1 aromatic heterocycles. The van der Waals surface area contributed by atoms with Crippen LogP contribution < -0.4 is 10.5 Å². The van der Waals surface area contributed by atoms with Crippen LogP contribution in [0.3, 0.4) is 0 Å². The molecule has 6 nitrogen and oxygen atoms in total. The maximum absolute atomic E-state index is 10.7. The van der Waals surface area contributed by atoms with Gasteiger partial charge in [-0.3, -0.25) is 4.79 Å². The molecule has 0 aliphatic heterocycles. The second-order valence-corrected chi connectivity index (χ2v) is 3.50. The van der Waals surface area contributed by atoms with E-state index in [4.69, 9.17) is 10.5 Å².